The summed E-state index contributed by atoms with van der Waals surface area (Å²) < 4.78 is 2.17. The second-order valence-corrected chi connectivity index (χ2v) is 5.38. The van der Waals surface area contributed by atoms with E-state index in [0.29, 0.717) is 0 Å². The molecule has 4 heteroatoms. The van der Waals surface area contributed by atoms with Gasteiger partial charge in [-0.1, -0.05) is 0 Å². The van der Waals surface area contributed by atoms with Crippen LogP contribution in [-0.2, 0) is 0 Å². The molecule has 0 N–H and O–H groups in total. The number of rotatable bonds is 4. The maximum atomic E-state index is 2.25. The first kappa shape index (κ1) is 19.5. The van der Waals surface area contributed by atoms with Gasteiger partial charge in [0, 0.05) is 6.42 Å². The third-order valence-corrected chi connectivity index (χ3v) is 1.66. The average Bonchev–Trinajstić information content (AvgIpc) is 1.55. The maximum Gasteiger partial charge on any atom is 0.0834 e. The third kappa shape index (κ3) is 19.3. The molecule has 0 aliphatic rings. The van der Waals surface area contributed by atoms with E-state index in [1.807, 2.05) is 0 Å². The molecule has 0 aromatic carbocycles. The largest absolute Gasteiger partial charge is 1.00 e. The van der Waals surface area contributed by atoms with Crippen LogP contribution in [0.25, 0.3) is 0 Å². The predicted molar refractivity (Wildman–Crippen MR) is 50.4 cm³/mol. The van der Waals surface area contributed by atoms with Crippen molar-refractivity contribution in [3.05, 3.63) is 0 Å². The summed E-state index contributed by atoms with van der Waals surface area (Å²) in [5, 5.41) is 0. The molecular formula is C9H24Br2N2. The minimum Gasteiger partial charge on any atom is -1.00 e. The Morgan fingerprint density at radius 2 is 0.846 bits per heavy atom. The number of halogens is 2. The van der Waals surface area contributed by atoms with E-state index >= 15 is 0 Å². The standard InChI is InChI=1S/C9H24N2.2BrH/c1-10(2,3)8-7-9-11(4,5)6;;/h7-9H2,1-6H3;2*1H/q+2;;/p-2. The Kier molecular flexibility index (Phi) is 10.8. The van der Waals surface area contributed by atoms with Crippen LogP contribution in [0.15, 0.2) is 0 Å². The van der Waals surface area contributed by atoms with Crippen molar-refractivity contribution in [1.29, 1.82) is 0 Å². The zero-order chi connectivity index (χ0) is 9.12. The SMILES string of the molecule is C[N+](C)(C)CCC[N+](C)(C)C.[Br-].[Br-]. The van der Waals surface area contributed by atoms with Gasteiger partial charge in [0.2, 0.25) is 0 Å². The lowest BCUT2D eigenvalue weighted by Gasteiger charge is -2.28. The highest BCUT2D eigenvalue weighted by Gasteiger charge is 2.11. The van der Waals surface area contributed by atoms with E-state index in [9.17, 15) is 0 Å². The van der Waals surface area contributed by atoms with Crippen LogP contribution >= 0.6 is 0 Å². The first-order valence-corrected chi connectivity index (χ1v) is 4.32. The Morgan fingerprint density at radius 3 is 1.00 bits per heavy atom. The first-order chi connectivity index (χ1) is 4.71. The van der Waals surface area contributed by atoms with Crippen LogP contribution < -0.4 is 34.0 Å². The van der Waals surface area contributed by atoms with Crippen molar-refractivity contribution in [1.82, 2.24) is 0 Å². The zero-order valence-corrected chi connectivity index (χ0v) is 12.9. The van der Waals surface area contributed by atoms with Crippen molar-refractivity contribution >= 4 is 0 Å². The summed E-state index contributed by atoms with van der Waals surface area (Å²) >= 11 is 0. The topological polar surface area (TPSA) is 0 Å². The van der Waals surface area contributed by atoms with Crippen LogP contribution in [0.4, 0.5) is 0 Å². The monoisotopic (exact) mass is 318 g/mol. The lowest BCUT2D eigenvalue weighted by Crippen LogP contribution is -3.00. The van der Waals surface area contributed by atoms with Gasteiger partial charge in [-0.05, 0) is 0 Å². The molecule has 0 radical (unpaired) electrons. The van der Waals surface area contributed by atoms with Crippen LogP contribution in [0.5, 0.6) is 0 Å². The summed E-state index contributed by atoms with van der Waals surface area (Å²) in [5.74, 6) is 0. The lowest BCUT2D eigenvalue weighted by atomic mass is 10.3. The van der Waals surface area contributed by atoms with Crippen molar-refractivity contribution in [2.75, 3.05) is 55.4 Å². The lowest BCUT2D eigenvalue weighted by molar-refractivity contribution is -0.890. The summed E-state index contributed by atoms with van der Waals surface area (Å²) in [4.78, 5) is 0. The Balaban J connectivity index is -0.000000500. The summed E-state index contributed by atoms with van der Waals surface area (Å²) in [5.41, 5.74) is 0. The summed E-state index contributed by atoms with van der Waals surface area (Å²) in [6.45, 7) is 2.55. The summed E-state index contributed by atoms with van der Waals surface area (Å²) in [6.07, 6.45) is 1.31. The van der Waals surface area contributed by atoms with Gasteiger partial charge in [0.25, 0.3) is 0 Å². The van der Waals surface area contributed by atoms with E-state index in [1.165, 1.54) is 19.5 Å². The molecule has 0 heterocycles. The summed E-state index contributed by atoms with van der Waals surface area (Å²) in [6, 6.07) is 0. The van der Waals surface area contributed by atoms with E-state index in [1.54, 1.807) is 0 Å². The van der Waals surface area contributed by atoms with Crippen LogP contribution in [0.1, 0.15) is 6.42 Å². The molecule has 0 unspecified atom stereocenters. The van der Waals surface area contributed by atoms with Crippen LogP contribution in [0.3, 0.4) is 0 Å². The van der Waals surface area contributed by atoms with E-state index in [2.05, 4.69) is 42.3 Å². The quantitative estimate of drug-likeness (QED) is 0.455. The number of quaternary nitrogens is 2. The fraction of sp³-hybridized carbons (Fsp3) is 1.00. The number of nitrogens with zero attached hydrogens (tertiary/aromatic N) is 2. The molecule has 13 heavy (non-hydrogen) atoms. The van der Waals surface area contributed by atoms with Gasteiger partial charge in [0.05, 0.1) is 55.4 Å². The number of hydrogen-bond donors (Lipinski definition) is 0. The molecule has 2 nitrogen and oxygen atoms in total. The van der Waals surface area contributed by atoms with Crippen molar-refractivity contribution < 1.29 is 42.9 Å². The van der Waals surface area contributed by atoms with Crippen LogP contribution in [0, 0.1) is 0 Å². The minimum absolute atomic E-state index is 0. The van der Waals surface area contributed by atoms with Crippen molar-refractivity contribution in [2.24, 2.45) is 0 Å². The molecule has 0 fully saturated rings. The molecule has 84 valence electrons. The zero-order valence-electron chi connectivity index (χ0n) is 9.77. The van der Waals surface area contributed by atoms with Gasteiger partial charge in [-0.3, -0.25) is 0 Å². The normalized spacial score (nSPS) is 11.5. The van der Waals surface area contributed by atoms with E-state index in [-0.39, 0.29) is 34.0 Å². The Hall–Kier alpha value is 0.880. The van der Waals surface area contributed by atoms with Crippen molar-refractivity contribution in [3.63, 3.8) is 0 Å². The van der Waals surface area contributed by atoms with Gasteiger partial charge in [-0.15, -0.1) is 0 Å². The van der Waals surface area contributed by atoms with Crippen molar-refractivity contribution in [2.45, 2.75) is 6.42 Å². The number of hydrogen-bond acceptors (Lipinski definition) is 0. The highest BCUT2D eigenvalue weighted by atomic mass is 79.9. The van der Waals surface area contributed by atoms with E-state index in [0.717, 1.165) is 8.97 Å². The highest BCUT2D eigenvalue weighted by Crippen LogP contribution is 1.98. The second kappa shape index (κ2) is 7.21. The molecule has 0 atom stereocenters. The molecule has 0 aromatic heterocycles. The maximum absolute atomic E-state index is 2.25. The van der Waals surface area contributed by atoms with Crippen molar-refractivity contribution in [3.8, 4) is 0 Å². The van der Waals surface area contributed by atoms with Gasteiger partial charge in [0.15, 0.2) is 0 Å². The first-order valence-electron chi connectivity index (χ1n) is 4.32. The highest BCUT2D eigenvalue weighted by molar-refractivity contribution is 4.33. The second-order valence-electron chi connectivity index (χ2n) is 5.38. The van der Waals surface area contributed by atoms with E-state index < -0.39 is 0 Å². The molecule has 0 rings (SSSR count). The summed E-state index contributed by atoms with van der Waals surface area (Å²) in [7, 11) is 13.5. The molecule has 0 saturated carbocycles. The van der Waals surface area contributed by atoms with Gasteiger partial charge >= 0.3 is 0 Å². The molecule has 0 spiro atoms. The molecule has 0 aromatic rings. The molecule has 0 amide bonds. The molecular weight excluding hydrogens is 296 g/mol. The van der Waals surface area contributed by atoms with Crippen LogP contribution in [-0.4, -0.2) is 64.3 Å². The Labute approximate surface area is 105 Å². The van der Waals surface area contributed by atoms with Crippen LogP contribution in [0.2, 0.25) is 0 Å². The molecule has 0 saturated heterocycles. The van der Waals surface area contributed by atoms with Gasteiger partial charge in [0.1, 0.15) is 0 Å². The third-order valence-electron chi connectivity index (χ3n) is 1.66. The Bertz CT molecular complexity index is 99.8. The molecule has 0 aliphatic heterocycles. The fourth-order valence-corrected chi connectivity index (χ4v) is 1.02. The Morgan fingerprint density at radius 1 is 0.615 bits per heavy atom. The van der Waals surface area contributed by atoms with Gasteiger partial charge < -0.3 is 42.9 Å². The van der Waals surface area contributed by atoms with Gasteiger partial charge in [-0.25, -0.2) is 0 Å². The minimum atomic E-state index is 0. The molecule has 0 bridgehead atoms. The molecule has 0 aliphatic carbocycles. The predicted octanol–water partition coefficient (Wildman–Crippen LogP) is -5.20. The van der Waals surface area contributed by atoms with Gasteiger partial charge in [-0.2, -0.15) is 0 Å². The van der Waals surface area contributed by atoms with E-state index in [4.69, 9.17) is 0 Å². The average molecular weight is 320 g/mol. The smallest absolute Gasteiger partial charge is 0.0834 e. The fourth-order valence-electron chi connectivity index (χ4n) is 1.02.